The molecule has 0 spiro atoms. The first-order valence-corrected chi connectivity index (χ1v) is 9.20. The van der Waals surface area contributed by atoms with Crippen molar-refractivity contribution in [2.45, 2.75) is 37.0 Å². The van der Waals surface area contributed by atoms with Gasteiger partial charge in [-0.15, -0.1) is 0 Å². The van der Waals surface area contributed by atoms with Crippen molar-refractivity contribution >= 4 is 15.8 Å². The SMILES string of the molecule is CNS(=O)(=O)c1ccc(NCCC2CC3CCC2C3)nc1. The molecule has 2 aliphatic carbocycles. The van der Waals surface area contributed by atoms with Gasteiger partial charge in [0.15, 0.2) is 0 Å². The quantitative estimate of drug-likeness (QED) is 0.845. The fourth-order valence-electron chi connectivity index (χ4n) is 3.88. The minimum atomic E-state index is -3.39. The van der Waals surface area contributed by atoms with Gasteiger partial charge in [0.2, 0.25) is 10.0 Å². The molecule has 0 radical (unpaired) electrons. The van der Waals surface area contributed by atoms with Crippen molar-refractivity contribution in [3.63, 3.8) is 0 Å². The van der Waals surface area contributed by atoms with Crippen molar-refractivity contribution in [3.8, 4) is 0 Å². The predicted octanol–water partition coefficient (Wildman–Crippen LogP) is 2.23. The van der Waals surface area contributed by atoms with Crippen LogP contribution in [0.25, 0.3) is 0 Å². The largest absolute Gasteiger partial charge is 0.370 e. The van der Waals surface area contributed by atoms with Crippen LogP contribution < -0.4 is 10.0 Å². The number of fused-ring (bicyclic) bond motifs is 2. The Bertz CT molecular complexity index is 585. The first-order valence-electron chi connectivity index (χ1n) is 7.72. The van der Waals surface area contributed by atoms with Crippen molar-refractivity contribution in [1.29, 1.82) is 0 Å². The van der Waals surface area contributed by atoms with Crippen LogP contribution in [0.1, 0.15) is 32.1 Å². The predicted molar refractivity (Wildman–Crippen MR) is 82.5 cm³/mol. The number of rotatable bonds is 6. The van der Waals surface area contributed by atoms with Crippen LogP contribution >= 0.6 is 0 Å². The fraction of sp³-hybridized carbons (Fsp3) is 0.667. The summed E-state index contributed by atoms with van der Waals surface area (Å²) in [5, 5.41) is 3.30. The standard InChI is InChI=1S/C15H23N3O2S/c1-16-21(19,20)14-4-5-15(18-10-14)17-7-6-13-9-11-2-3-12(13)8-11/h4-5,10-13,16H,2-3,6-9H2,1H3,(H,17,18). The van der Waals surface area contributed by atoms with Gasteiger partial charge in [0.25, 0.3) is 0 Å². The highest BCUT2D eigenvalue weighted by molar-refractivity contribution is 7.89. The Balaban J connectivity index is 1.50. The van der Waals surface area contributed by atoms with E-state index in [4.69, 9.17) is 0 Å². The molecule has 6 heteroatoms. The lowest BCUT2D eigenvalue weighted by molar-refractivity contribution is 0.321. The van der Waals surface area contributed by atoms with E-state index in [0.717, 1.165) is 30.1 Å². The van der Waals surface area contributed by atoms with Crippen LogP contribution in [-0.2, 0) is 10.0 Å². The Labute approximate surface area is 126 Å². The second-order valence-electron chi connectivity index (χ2n) is 6.24. The lowest BCUT2D eigenvalue weighted by atomic mass is 9.86. The molecule has 116 valence electrons. The molecule has 5 nitrogen and oxygen atoms in total. The second kappa shape index (κ2) is 5.93. The molecule has 1 aromatic heterocycles. The molecule has 0 saturated heterocycles. The number of pyridine rings is 1. The van der Waals surface area contributed by atoms with Crippen molar-refractivity contribution in [3.05, 3.63) is 18.3 Å². The highest BCUT2D eigenvalue weighted by Gasteiger charge is 2.38. The zero-order valence-electron chi connectivity index (χ0n) is 12.4. The first-order chi connectivity index (χ1) is 10.1. The molecule has 2 N–H and O–H groups in total. The lowest BCUT2D eigenvalue weighted by Gasteiger charge is -2.21. The average Bonchev–Trinajstić information content (AvgIpc) is 3.10. The average molecular weight is 309 g/mol. The van der Waals surface area contributed by atoms with Crippen molar-refractivity contribution in [1.82, 2.24) is 9.71 Å². The highest BCUT2D eigenvalue weighted by atomic mass is 32.2. The maximum absolute atomic E-state index is 11.6. The molecule has 2 bridgehead atoms. The van der Waals surface area contributed by atoms with Gasteiger partial charge in [-0.3, -0.25) is 0 Å². The number of hydrogen-bond acceptors (Lipinski definition) is 4. The topological polar surface area (TPSA) is 71.1 Å². The van der Waals surface area contributed by atoms with Gasteiger partial charge in [0.1, 0.15) is 10.7 Å². The molecule has 0 amide bonds. The van der Waals surface area contributed by atoms with E-state index in [-0.39, 0.29) is 4.90 Å². The molecule has 2 fully saturated rings. The molecular formula is C15H23N3O2S. The Morgan fingerprint density at radius 2 is 2.14 bits per heavy atom. The molecule has 2 aliphatic rings. The van der Waals surface area contributed by atoms with E-state index in [1.165, 1.54) is 45.3 Å². The van der Waals surface area contributed by atoms with E-state index in [9.17, 15) is 8.42 Å². The number of hydrogen-bond donors (Lipinski definition) is 2. The number of sulfonamides is 1. The van der Waals surface area contributed by atoms with E-state index in [1.54, 1.807) is 12.1 Å². The van der Waals surface area contributed by atoms with Gasteiger partial charge >= 0.3 is 0 Å². The van der Waals surface area contributed by atoms with Gasteiger partial charge in [-0.2, -0.15) is 0 Å². The minimum Gasteiger partial charge on any atom is -0.370 e. The van der Waals surface area contributed by atoms with Crippen molar-refractivity contribution in [2.75, 3.05) is 18.9 Å². The molecule has 3 unspecified atom stereocenters. The zero-order chi connectivity index (χ0) is 14.9. The van der Waals surface area contributed by atoms with E-state index in [2.05, 4.69) is 15.0 Å². The zero-order valence-corrected chi connectivity index (χ0v) is 13.2. The number of nitrogens with one attached hydrogen (secondary N) is 2. The Morgan fingerprint density at radius 1 is 1.29 bits per heavy atom. The summed E-state index contributed by atoms with van der Waals surface area (Å²) in [7, 11) is -2.00. The van der Waals surface area contributed by atoms with Gasteiger partial charge in [-0.05, 0) is 62.6 Å². The molecule has 21 heavy (non-hydrogen) atoms. The number of aromatic nitrogens is 1. The molecule has 3 atom stereocenters. The van der Waals surface area contributed by atoms with E-state index < -0.39 is 10.0 Å². The smallest absolute Gasteiger partial charge is 0.241 e. The summed E-state index contributed by atoms with van der Waals surface area (Å²) in [5.41, 5.74) is 0. The van der Waals surface area contributed by atoms with E-state index in [1.807, 2.05) is 0 Å². The summed E-state index contributed by atoms with van der Waals surface area (Å²) in [6, 6.07) is 3.31. The Kier molecular flexibility index (Phi) is 4.17. The third-order valence-electron chi connectivity index (χ3n) is 5.02. The van der Waals surface area contributed by atoms with Gasteiger partial charge in [-0.25, -0.2) is 18.1 Å². The highest BCUT2D eigenvalue weighted by Crippen LogP contribution is 2.49. The summed E-state index contributed by atoms with van der Waals surface area (Å²) in [6.07, 6.45) is 8.30. The maximum atomic E-state index is 11.6. The van der Waals surface area contributed by atoms with Gasteiger partial charge < -0.3 is 5.32 Å². The molecule has 3 rings (SSSR count). The third-order valence-corrected chi connectivity index (χ3v) is 6.42. The summed E-state index contributed by atoms with van der Waals surface area (Å²) >= 11 is 0. The monoisotopic (exact) mass is 309 g/mol. The summed E-state index contributed by atoms with van der Waals surface area (Å²) in [5.74, 6) is 3.56. The van der Waals surface area contributed by atoms with Crippen LogP contribution in [0.5, 0.6) is 0 Å². The summed E-state index contributed by atoms with van der Waals surface area (Å²) < 4.78 is 25.5. The Hall–Kier alpha value is -1.14. The van der Waals surface area contributed by atoms with Crippen LogP contribution in [0.15, 0.2) is 23.2 Å². The Morgan fingerprint density at radius 3 is 2.71 bits per heavy atom. The van der Waals surface area contributed by atoms with Crippen LogP contribution in [-0.4, -0.2) is 27.0 Å². The van der Waals surface area contributed by atoms with Crippen LogP contribution in [0, 0.1) is 17.8 Å². The molecule has 1 aromatic rings. The van der Waals surface area contributed by atoms with Crippen LogP contribution in [0.3, 0.4) is 0 Å². The summed E-state index contributed by atoms with van der Waals surface area (Å²) in [4.78, 5) is 4.37. The third kappa shape index (κ3) is 3.21. The fourth-order valence-corrected chi connectivity index (χ4v) is 4.55. The van der Waals surface area contributed by atoms with Crippen molar-refractivity contribution < 1.29 is 8.42 Å². The molecule has 1 heterocycles. The maximum Gasteiger partial charge on any atom is 0.241 e. The van der Waals surface area contributed by atoms with E-state index in [0.29, 0.717) is 0 Å². The van der Waals surface area contributed by atoms with Gasteiger partial charge in [-0.1, -0.05) is 6.42 Å². The van der Waals surface area contributed by atoms with Crippen molar-refractivity contribution in [2.24, 2.45) is 17.8 Å². The molecule has 2 saturated carbocycles. The summed E-state index contributed by atoms with van der Waals surface area (Å²) in [6.45, 7) is 0.916. The molecular weight excluding hydrogens is 286 g/mol. The number of nitrogens with zero attached hydrogens (tertiary/aromatic N) is 1. The molecule has 0 aromatic carbocycles. The van der Waals surface area contributed by atoms with Gasteiger partial charge in [0.05, 0.1) is 0 Å². The molecule has 0 aliphatic heterocycles. The first kappa shape index (κ1) is 14.8. The minimum absolute atomic E-state index is 0.198. The second-order valence-corrected chi connectivity index (χ2v) is 8.12. The normalized spacial score (nSPS) is 28.0. The van der Waals surface area contributed by atoms with E-state index >= 15 is 0 Å². The lowest BCUT2D eigenvalue weighted by Crippen LogP contribution is -2.19. The van der Waals surface area contributed by atoms with Crippen LogP contribution in [0.2, 0.25) is 0 Å². The van der Waals surface area contributed by atoms with Crippen LogP contribution in [0.4, 0.5) is 5.82 Å². The van der Waals surface area contributed by atoms with Gasteiger partial charge in [0, 0.05) is 12.7 Å². The number of anilines is 1.